The molecule has 0 N–H and O–H groups in total. The Labute approximate surface area is 86.7 Å². The second-order valence-corrected chi connectivity index (χ2v) is 4.83. The molecule has 0 unspecified atom stereocenters. The summed E-state index contributed by atoms with van der Waals surface area (Å²) in [6.45, 7) is 3.22. The van der Waals surface area contributed by atoms with Crippen molar-refractivity contribution in [2.24, 2.45) is 4.99 Å². The summed E-state index contributed by atoms with van der Waals surface area (Å²) in [6, 6.07) is 0. The van der Waals surface area contributed by atoms with Gasteiger partial charge in [-0.15, -0.1) is 0 Å². The number of rotatable bonds is 4. The molecule has 0 aromatic heterocycles. The summed E-state index contributed by atoms with van der Waals surface area (Å²) < 4.78 is 5.92. The van der Waals surface area contributed by atoms with Crippen LogP contribution in [0, 0.1) is 0 Å². The molecule has 0 saturated carbocycles. The average Bonchev–Trinajstić information content (AvgIpc) is 2.57. The van der Waals surface area contributed by atoms with Crippen LogP contribution in [0.3, 0.4) is 0 Å². The van der Waals surface area contributed by atoms with E-state index in [2.05, 4.69) is 4.99 Å². The van der Waals surface area contributed by atoms with E-state index >= 15 is 0 Å². The number of hydrogen-bond acceptors (Lipinski definition) is 5. The highest BCUT2D eigenvalue weighted by Gasteiger charge is 2.08. The van der Waals surface area contributed by atoms with E-state index in [1.54, 1.807) is 23.5 Å². The summed E-state index contributed by atoms with van der Waals surface area (Å²) >= 11 is 3.42. The standard InChI is InChI=1S/C8H13NO2S2/c1-2-11-7(10)3-5-12-8-9-4-6-13-8/h2-6H2,1H3. The molecule has 0 fully saturated rings. The average molecular weight is 219 g/mol. The van der Waals surface area contributed by atoms with Crippen LogP contribution in [-0.4, -0.2) is 35.0 Å². The van der Waals surface area contributed by atoms with Crippen LogP contribution in [0.2, 0.25) is 0 Å². The Balaban J connectivity index is 2.03. The molecule has 0 amide bonds. The van der Waals surface area contributed by atoms with Gasteiger partial charge in [-0.3, -0.25) is 9.79 Å². The molecule has 0 radical (unpaired) electrons. The summed E-state index contributed by atoms with van der Waals surface area (Å²) in [5, 5.41) is 0. The Bertz CT molecular complexity index is 206. The summed E-state index contributed by atoms with van der Waals surface area (Å²) in [7, 11) is 0. The van der Waals surface area contributed by atoms with Gasteiger partial charge in [0.1, 0.15) is 4.38 Å². The minimum Gasteiger partial charge on any atom is -0.466 e. The monoisotopic (exact) mass is 219 g/mol. The van der Waals surface area contributed by atoms with E-state index in [0.717, 1.165) is 22.4 Å². The molecule has 1 aliphatic heterocycles. The number of hydrogen-bond donors (Lipinski definition) is 0. The minimum absolute atomic E-state index is 0.112. The lowest BCUT2D eigenvalue weighted by molar-refractivity contribution is -0.142. The van der Waals surface area contributed by atoms with E-state index < -0.39 is 0 Å². The van der Waals surface area contributed by atoms with Crippen molar-refractivity contribution in [3.63, 3.8) is 0 Å². The van der Waals surface area contributed by atoms with Crippen LogP contribution < -0.4 is 0 Å². The van der Waals surface area contributed by atoms with Crippen LogP contribution in [0.5, 0.6) is 0 Å². The highest BCUT2D eigenvalue weighted by Crippen LogP contribution is 2.22. The highest BCUT2D eigenvalue weighted by molar-refractivity contribution is 8.39. The predicted octanol–water partition coefficient (Wildman–Crippen LogP) is 1.78. The van der Waals surface area contributed by atoms with Crippen molar-refractivity contribution in [3.05, 3.63) is 0 Å². The first-order chi connectivity index (χ1) is 6.33. The Morgan fingerprint density at radius 2 is 2.62 bits per heavy atom. The van der Waals surface area contributed by atoms with Gasteiger partial charge >= 0.3 is 5.97 Å². The molecule has 13 heavy (non-hydrogen) atoms. The third-order valence-electron chi connectivity index (χ3n) is 1.39. The van der Waals surface area contributed by atoms with Crippen LogP contribution in [-0.2, 0) is 9.53 Å². The fraction of sp³-hybridized carbons (Fsp3) is 0.750. The normalized spacial score (nSPS) is 15.6. The lowest BCUT2D eigenvalue weighted by Gasteiger charge is -2.00. The van der Waals surface area contributed by atoms with E-state index in [4.69, 9.17) is 4.74 Å². The maximum Gasteiger partial charge on any atom is 0.306 e. The number of aliphatic imine (C=N–C) groups is 1. The number of esters is 1. The lowest BCUT2D eigenvalue weighted by atomic mass is 10.5. The minimum atomic E-state index is -0.112. The predicted molar refractivity (Wildman–Crippen MR) is 58.5 cm³/mol. The van der Waals surface area contributed by atoms with E-state index in [9.17, 15) is 4.79 Å². The zero-order chi connectivity index (χ0) is 9.52. The smallest absolute Gasteiger partial charge is 0.306 e. The van der Waals surface area contributed by atoms with Gasteiger partial charge in [-0.05, 0) is 6.92 Å². The van der Waals surface area contributed by atoms with Gasteiger partial charge in [0.05, 0.1) is 19.6 Å². The molecule has 1 aliphatic rings. The summed E-state index contributed by atoms with van der Waals surface area (Å²) in [5.41, 5.74) is 0. The molecular weight excluding hydrogens is 206 g/mol. The van der Waals surface area contributed by atoms with Crippen molar-refractivity contribution in [3.8, 4) is 0 Å². The van der Waals surface area contributed by atoms with Crippen LogP contribution in [0.1, 0.15) is 13.3 Å². The van der Waals surface area contributed by atoms with Gasteiger partial charge in [0.2, 0.25) is 0 Å². The van der Waals surface area contributed by atoms with Crippen molar-refractivity contribution in [1.29, 1.82) is 0 Å². The lowest BCUT2D eigenvalue weighted by Crippen LogP contribution is -2.05. The van der Waals surface area contributed by atoms with Gasteiger partial charge < -0.3 is 4.74 Å². The van der Waals surface area contributed by atoms with E-state index in [0.29, 0.717) is 13.0 Å². The summed E-state index contributed by atoms with van der Waals surface area (Å²) in [5.74, 6) is 1.76. The molecular formula is C8H13NO2S2. The third kappa shape index (κ3) is 4.57. The molecule has 0 aliphatic carbocycles. The third-order valence-corrected chi connectivity index (χ3v) is 3.65. The first-order valence-electron chi connectivity index (χ1n) is 4.28. The fourth-order valence-electron chi connectivity index (χ4n) is 0.858. The molecule has 5 heteroatoms. The van der Waals surface area contributed by atoms with Crippen molar-refractivity contribution in [2.45, 2.75) is 13.3 Å². The van der Waals surface area contributed by atoms with Crippen molar-refractivity contribution in [1.82, 2.24) is 0 Å². The van der Waals surface area contributed by atoms with Gasteiger partial charge in [-0.25, -0.2) is 0 Å². The molecule has 0 atom stereocenters. The maximum absolute atomic E-state index is 10.9. The molecule has 74 valence electrons. The second kappa shape index (κ2) is 6.32. The Morgan fingerprint density at radius 3 is 3.23 bits per heavy atom. The first kappa shape index (κ1) is 10.9. The number of ether oxygens (including phenoxy) is 1. The number of carbonyl (C=O) groups excluding carboxylic acids is 1. The molecule has 1 rings (SSSR count). The largest absolute Gasteiger partial charge is 0.466 e. The van der Waals surface area contributed by atoms with Crippen LogP contribution in [0.15, 0.2) is 4.99 Å². The Kier molecular flexibility index (Phi) is 5.31. The van der Waals surface area contributed by atoms with Crippen molar-refractivity contribution >= 4 is 33.9 Å². The maximum atomic E-state index is 10.9. The van der Waals surface area contributed by atoms with E-state index in [1.807, 2.05) is 6.92 Å². The zero-order valence-electron chi connectivity index (χ0n) is 7.62. The van der Waals surface area contributed by atoms with Crippen LogP contribution in [0.25, 0.3) is 0 Å². The Morgan fingerprint density at radius 1 is 1.77 bits per heavy atom. The van der Waals surface area contributed by atoms with E-state index in [1.165, 1.54) is 0 Å². The van der Waals surface area contributed by atoms with Gasteiger partial charge in [0.25, 0.3) is 0 Å². The molecule has 0 aromatic carbocycles. The zero-order valence-corrected chi connectivity index (χ0v) is 9.25. The van der Waals surface area contributed by atoms with Crippen LogP contribution in [0.4, 0.5) is 0 Å². The summed E-state index contributed by atoms with van der Waals surface area (Å²) in [6.07, 6.45) is 0.484. The molecule has 0 bridgehead atoms. The molecule has 1 heterocycles. The number of thioether (sulfide) groups is 2. The Hall–Kier alpha value is -0.160. The highest BCUT2D eigenvalue weighted by atomic mass is 32.2. The first-order valence-corrected chi connectivity index (χ1v) is 6.25. The topological polar surface area (TPSA) is 38.7 Å². The van der Waals surface area contributed by atoms with Gasteiger partial charge in [0.15, 0.2) is 0 Å². The second-order valence-electron chi connectivity index (χ2n) is 2.40. The molecule has 0 aromatic rings. The van der Waals surface area contributed by atoms with Gasteiger partial charge in [-0.2, -0.15) is 0 Å². The van der Waals surface area contributed by atoms with E-state index in [-0.39, 0.29) is 5.97 Å². The SMILES string of the molecule is CCOC(=O)CCSC1=NCCS1. The van der Waals surface area contributed by atoms with Crippen LogP contribution >= 0.6 is 23.5 Å². The van der Waals surface area contributed by atoms with Crippen molar-refractivity contribution in [2.75, 3.05) is 24.7 Å². The number of carbonyl (C=O) groups is 1. The fourth-order valence-corrected chi connectivity index (χ4v) is 2.86. The van der Waals surface area contributed by atoms with Gasteiger partial charge in [0, 0.05) is 11.5 Å². The number of nitrogens with zero attached hydrogens (tertiary/aromatic N) is 1. The van der Waals surface area contributed by atoms with Crippen molar-refractivity contribution < 1.29 is 9.53 Å². The quantitative estimate of drug-likeness (QED) is 0.676. The summed E-state index contributed by atoms with van der Waals surface area (Å²) in [4.78, 5) is 15.2. The molecule has 0 spiro atoms. The van der Waals surface area contributed by atoms with Gasteiger partial charge in [-0.1, -0.05) is 23.5 Å². The molecule has 0 saturated heterocycles. The molecule has 3 nitrogen and oxygen atoms in total.